The van der Waals surface area contributed by atoms with Gasteiger partial charge in [-0.3, -0.25) is 4.79 Å². The molecule has 0 spiro atoms. The maximum absolute atomic E-state index is 12.7. The van der Waals surface area contributed by atoms with E-state index in [9.17, 15) is 13.2 Å². The molecule has 0 saturated heterocycles. The Bertz CT molecular complexity index is 735. The Morgan fingerprint density at radius 2 is 1.56 bits per heavy atom. The summed E-state index contributed by atoms with van der Waals surface area (Å²) >= 11 is 0. The lowest BCUT2D eigenvalue weighted by atomic mass is 9.50. The maximum atomic E-state index is 12.7. The van der Waals surface area contributed by atoms with Crippen LogP contribution in [0.4, 0.5) is 5.69 Å². The highest BCUT2D eigenvalue weighted by molar-refractivity contribution is 7.89. The molecule has 0 aliphatic heterocycles. The SMILES string of the molecule is CC(=O)Nc1ccc(S(=O)(=O)NCC23CC4CC(CC(C4)C2)C3)cc1. The van der Waals surface area contributed by atoms with Crippen LogP contribution in [0.3, 0.4) is 0 Å². The van der Waals surface area contributed by atoms with Crippen molar-refractivity contribution in [1.82, 2.24) is 4.72 Å². The number of amides is 1. The molecular weight excluding hydrogens is 336 g/mol. The van der Waals surface area contributed by atoms with E-state index >= 15 is 0 Å². The number of hydrogen-bond acceptors (Lipinski definition) is 3. The lowest BCUT2D eigenvalue weighted by molar-refractivity contribution is -0.114. The van der Waals surface area contributed by atoms with Crippen LogP contribution in [0.2, 0.25) is 0 Å². The van der Waals surface area contributed by atoms with Crippen LogP contribution in [0.1, 0.15) is 45.4 Å². The Hall–Kier alpha value is -1.40. The minimum absolute atomic E-state index is 0.171. The number of nitrogens with one attached hydrogen (secondary N) is 2. The third-order valence-corrected chi connectivity index (χ3v) is 7.70. The van der Waals surface area contributed by atoms with Gasteiger partial charge in [0, 0.05) is 19.2 Å². The van der Waals surface area contributed by atoms with Crippen molar-refractivity contribution >= 4 is 21.6 Å². The van der Waals surface area contributed by atoms with Crippen LogP contribution >= 0.6 is 0 Å². The van der Waals surface area contributed by atoms with Crippen LogP contribution in [0, 0.1) is 23.2 Å². The van der Waals surface area contributed by atoms with E-state index in [0.29, 0.717) is 12.2 Å². The number of hydrogen-bond donors (Lipinski definition) is 2. The van der Waals surface area contributed by atoms with Crippen molar-refractivity contribution in [3.05, 3.63) is 24.3 Å². The predicted molar refractivity (Wildman–Crippen MR) is 96.5 cm³/mol. The van der Waals surface area contributed by atoms with Crippen molar-refractivity contribution in [3.8, 4) is 0 Å². The molecular formula is C19H26N2O3S. The van der Waals surface area contributed by atoms with Gasteiger partial charge in [0.25, 0.3) is 0 Å². The zero-order chi connectivity index (χ0) is 17.7. The molecule has 1 amide bonds. The first kappa shape index (κ1) is 17.0. The summed E-state index contributed by atoms with van der Waals surface area (Å²) in [6.07, 6.45) is 7.62. The van der Waals surface area contributed by atoms with Gasteiger partial charge in [-0.15, -0.1) is 0 Å². The van der Waals surface area contributed by atoms with Crippen molar-refractivity contribution < 1.29 is 13.2 Å². The second kappa shape index (κ2) is 6.09. The van der Waals surface area contributed by atoms with E-state index < -0.39 is 10.0 Å². The zero-order valence-corrected chi connectivity index (χ0v) is 15.4. The second-order valence-corrected chi connectivity index (χ2v) is 10.2. The van der Waals surface area contributed by atoms with E-state index in [1.807, 2.05) is 0 Å². The van der Waals surface area contributed by atoms with E-state index in [0.717, 1.165) is 17.8 Å². The quantitative estimate of drug-likeness (QED) is 0.845. The van der Waals surface area contributed by atoms with Crippen molar-refractivity contribution in [2.24, 2.45) is 23.2 Å². The van der Waals surface area contributed by atoms with Gasteiger partial charge >= 0.3 is 0 Å². The fourth-order valence-corrected chi connectivity index (χ4v) is 6.92. The third kappa shape index (κ3) is 3.47. The highest BCUT2D eigenvalue weighted by atomic mass is 32.2. The van der Waals surface area contributed by atoms with E-state index in [2.05, 4.69) is 10.0 Å². The van der Waals surface area contributed by atoms with Crippen LogP contribution in [-0.4, -0.2) is 20.9 Å². The summed E-state index contributed by atoms with van der Waals surface area (Å²) < 4.78 is 28.2. The molecule has 0 radical (unpaired) electrons. The fraction of sp³-hybridized carbons (Fsp3) is 0.632. The zero-order valence-electron chi connectivity index (χ0n) is 14.6. The van der Waals surface area contributed by atoms with E-state index in [-0.39, 0.29) is 16.2 Å². The maximum Gasteiger partial charge on any atom is 0.240 e. The van der Waals surface area contributed by atoms with Gasteiger partial charge in [0.15, 0.2) is 0 Å². The molecule has 0 unspecified atom stereocenters. The molecule has 4 aliphatic carbocycles. The van der Waals surface area contributed by atoms with Crippen LogP contribution in [0.15, 0.2) is 29.2 Å². The summed E-state index contributed by atoms with van der Waals surface area (Å²) in [5.41, 5.74) is 0.783. The minimum atomic E-state index is -3.51. The summed E-state index contributed by atoms with van der Waals surface area (Å²) in [5, 5.41) is 2.65. The first-order valence-corrected chi connectivity index (χ1v) is 10.7. The molecule has 5 rings (SSSR count). The topological polar surface area (TPSA) is 75.3 Å². The lowest BCUT2D eigenvalue weighted by Gasteiger charge is -2.56. The molecule has 6 heteroatoms. The number of rotatable bonds is 5. The van der Waals surface area contributed by atoms with E-state index in [1.54, 1.807) is 24.3 Å². The summed E-state index contributed by atoms with van der Waals surface area (Å²) in [7, 11) is -3.51. The molecule has 4 saturated carbocycles. The molecule has 1 aromatic carbocycles. The van der Waals surface area contributed by atoms with Gasteiger partial charge in [0.2, 0.25) is 15.9 Å². The highest BCUT2D eigenvalue weighted by Crippen LogP contribution is 2.59. The second-order valence-electron chi connectivity index (χ2n) is 8.45. The molecule has 4 fully saturated rings. The van der Waals surface area contributed by atoms with Crippen molar-refractivity contribution in [3.63, 3.8) is 0 Å². The lowest BCUT2D eigenvalue weighted by Crippen LogP contribution is -2.51. The van der Waals surface area contributed by atoms with Gasteiger partial charge in [-0.2, -0.15) is 0 Å². The third-order valence-electron chi connectivity index (χ3n) is 6.29. The molecule has 4 bridgehead atoms. The first-order chi connectivity index (χ1) is 11.8. The monoisotopic (exact) mass is 362 g/mol. The largest absolute Gasteiger partial charge is 0.326 e. The van der Waals surface area contributed by atoms with Crippen molar-refractivity contribution in [2.75, 3.05) is 11.9 Å². The summed E-state index contributed by atoms with van der Waals surface area (Å²) in [6, 6.07) is 6.35. The Kier molecular flexibility index (Phi) is 4.15. The average molecular weight is 362 g/mol. The van der Waals surface area contributed by atoms with Gasteiger partial charge in [-0.1, -0.05) is 0 Å². The van der Waals surface area contributed by atoms with Gasteiger partial charge in [0.05, 0.1) is 4.90 Å². The standard InChI is InChI=1S/C19H26N2O3S/c1-13(22)21-17-2-4-18(5-3-17)25(23,24)20-12-19-9-14-6-15(10-19)8-16(7-14)11-19/h2-5,14-16,20H,6-12H2,1H3,(H,21,22). The summed E-state index contributed by atoms with van der Waals surface area (Å²) in [5.74, 6) is 2.27. The van der Waals surface area contributed by atoms with Gasteiger partial charge in [-0.05, 0) is 86.0 Å². The summed E-state index contributed by atoms with van der Waals surface area (Å²) in [6.45, 7) is 1.99. The van der Waals surface area contributed by atoms with Gasteiger partial charge in [-0.25, -0.2) is 13.1 Å². The van der Waals surface area contributed by atoms with Crippen LogP contribution in [-0.2, 0) is 14.8 Å². The Morgan fingerprint density at radius 1 is 1.04 bits per heavy atom. The predicted octanol–water partition coefficient (Wildman–Crippen LogP) is 3.14. The van der Waals surface area contributed by atoms with Crippen LogP contribution in [0.5, 0.6) is 0 Å². The first-order valence-electron chi connectivity index (χ1n) is 9.21. The van der Waals surface area contributed by atoms with Gasteiger partial charge in [0.1, 0.15) is 0 Å². The average Bonchev–Trinajstić information content (AvgIpc) is 2.52. The van der Waals surface area contributed by atoms with Gasteiger partial charge < -0.3 is 5.32 Å². The number of carbonyl (C=O) groups excluding carboxylic acids is 1. The van der Waals surface area contributed by atoms with Crippen molar-refractivity contribution in [2.45, 2.75) is 50.3 Å². The fourth-order valence-electron chi connectivity index (χ4n) is 5.76. The van der Waals surface area contributed by atoms with E-state index in [1.165, 1.54) is 45.4 Å². The summed E-state index contributed by atoms with van der Waals surface area (Å²) in [4.78, 5) is 11.3. The Balaban J connectivity index is 1.44. The number of benzene rings is 1. The molecule has 0 heterocycles. The number of carbonyl (C=O) groups is 1. The molecule has 1 aromatic rings. The highest BCUT2D eigenvalue weighted by Gasteiger charge is 2.50. The molecule has 0 atom stereocenters. The Morgan fingerprint density at radius 3 is 2.04 bits per heavy atom. The molecule has 4 aliphatic rings. The normalized spacial score (nSPS) is 33.4. The molecule has 2 N–H and O–H groups in total. The van der Waals surface area contributed by atoms with Crippen LogP contribution < -0.4 is 10.0 Å². The molecule has 25 heavy (non-hydrogen) atoms. The molecule has 0 aromatic heterocycles. The Labute approximate surface area is 149 Å². The number of sulfonamides is 1. The minimum Gasteiger partial charge on any atom is -0.326 e. The van der Waals surface area contributed by atoms with Crippen molar-refractivity contribution in [1.29, 1.82) is 0 Å². The van der Waals surface area contributed by atoms with E-state index in [4.69, 9.17) is 0 Å². The van der Waals surface area contributed by atoms with Crippen LogP contribution in [0.25, 0.3) is 0 Å². The number of anilines is 1. The molecule has 136 valence electrons. The molecule has 5 nitrogen and oxygen atoms in total. The smallest absolute Gasteiger partial charge is 0.240 e.